The van der Waals surface area contributed by atoms with E-state index in [0.717, 1.165) is 38.8 Å². The molecule has 0 aromatic heterocycles. The zero-order valence-corrected chi connectivity index (χ0v) is 22.1. The van der Waals surface area contributed by atoms with Crippen molar-refractivity contribution in [2.24, 2.45) is 0 Å². The van der Waals surface area contributed by atoms with Crippen LogP contribution in [0.3, 0.4) is 0 Å². The molecule has 0 fully saturated rings. The lowest BCUT2D eigenvalue weighted by Gasteiger charge is -2.24. The van der Waals surface area contributed by atoms with Gasteiger partial charge in [0.2, 0.25) is 0 Å². The van der Waals surface area contributed by atoms with Crippen molar-refractivity contribution in [3.63, 3.8) is 0 Å². The van der Waals surface area contributed by atoms with E-state index in [1.54, 1.807) is 0 Å². The first-order valence-corrected chi connectivity index (χ1v) is 12.6. The first kappa shape index (κ1) is 25.7. The second-order valence-corrected chi connectivity index (χ2v) is 9.26. The molecule has 0 radical (unpaired) electrons. The predicted octanol–water partition coefficient (Wildman–Crippen LogP) is 10.9. The highest BCUT2D eigenvalue weighted by atomic mass is 14.3. The highest BCUT2D eigenvalue weighted by molar-refractivity contribution is 6.14. The highest BCUT2D eigenvalue weighted by Crippen LogP contribution is 2.45. The van der Waals surface area contributed by atoms with Crippen molar-refractivity contribution in [3.05, 3.63) is 151 Å². The van der Waals surface area contributed by atoms with Crippen LogP contribution in [0.5, 0.6) is 0 Å². The number of benzene rings is 4. The fourth-order valence-corrected chi connectivity index (χ4v) is 5.17. The van der Waals surface area contributed by atoms with Gasteiger partial charge in [0.15, 0.2) is 0 Å². The minimum atomic E-state index is 0.986. The third-order valence-electron chi connectivity index (χ3n) is 6.77. The topological polar surface area (TPSA) is 0 Å². The minimum absolute atomic E-state index is 0.986. The van der Waals surface area contributed by atoms with E-state index < -0.39 is 0 Å². The molecular formula is C37H34. The number of hydrogen-bond donors (Lipinski definition) is 0. The summed E-state index contributed by atoms with van der Waals surface area (Å²) in [6.07, 6.45) is 14.1. The molecule has 0 unspecified atom stereocenters. The Kier molecular flexibility index (Phi) is 7.70. The third-order valence-corrected chi connectivity index (χ3v) is 6.77. The van der Waals surface area contributed by atoms with Crippen LogP contribution in [-0.4, -0.2) is 0 Å². The van der Waals surface area contributed by atoms with Gasteiger partial charge in [-0.05, 0) is 81.3 Å². The molecule has 0 bridgehead atoms. The number of allylic oxidation sites excluding steroid dienone is 8. The SMILES string of the molecule is C=C\C=C(/C(=C/C=C\C)C(=C)C)c1c(C=C)c(C=C)c(-c2cccc3ccccc23)c2cc(C)ccc12. The van der Waals surface area contributed by atoms with Crippen LogP contribution >= 0.6 is 0 Å². The van der Waals surface area contributed by atoms with Gasteiger partial charge in [-0.25, -0.2) is 0 Å². The molecule has 37 heavy (non-hydrogen) atoms. The van der Waals surface area contributed by atoms with Crippen LogP contribution in [0.15, 0.2) is 129 Å². The van der Waals surface area contributed by atoms with Crippen molar-refractivity contribution >= 4 is 39.3 Å². The zero-order chi connectivity index (χ0) is 26.5. The Hall–Kier alpha value is -4.42. The van der Waals surface area contributed by atoms with Gasteiger partial charge in [0.05, 0.1) is 0 Å². The monoisotopic (exact) mass is 478 g/mol. The number of fused-ring (bicyclic) bond motifs is 2. The van der Waals surface area contributed by atoms with E-state index in [9.17, 15) is 0 Å². The van der Waals surface area contributed by atoms with Crippen molar-refractivity contribution < 1.29 is 0 Å². The average molecular weight is 479 g/mol. The van der Waals surface area contributed by atoms with Crippen LogP contribution in [0.25, 0.3) is 50.4 Å². The molecule has 4 aromatic carbocycles. The maximum absolute atomic E-state index is 4.31. The van der Waals surface area contributed by atoms with Crippen LogP contribution in [0, 0.1) is 6.92 Å². The van der Waals surface area contributed by atoms with Crippen molar-refractivity contribution in [1.29, 1.82) is 0 Å². The van der Waals surface area contributed by atoms with Crippen molar-refractivity contribution in [2.45, 2.75) is 20.8 Å². The molecule has 4 aromatic rings. The molecule has 0 aliphatic heterocycles. The molecular weight excluding hydrogens is 444 g/mol. The Morgan fingerprint density at radius 3 is 2.19 bits per heavy atom. The van der Waals surface area contributed by atoms with Crippen LogP contribution < -0.4 is 0 Å². The van der Waals surface area contributed by atoms with Crippen molar-refractivity contribution in [1.82, 2.24) is 0 Å². The van der Waals surface area contributed by atoms with Crippen molar-refractivity contribution in [3.8, 4) is 11.1 Å². The number of aryl methyl sites for hydroxylation is 1. The Bertz CT molecular complexity index is 1640. The summed E-state index contributed by atoms with van der Waals surface area (Å²) in [4.78, 5) is 0. The van der Waals surface area contributed by atoms with Crippen LogP contribution in [-0.2, 0) is 0 Å². The van der Waals surface area contributed by atoms with Crippen molar-refractivity contribution in [2.75, 3.05) is 0 Å². The molecule has 0 aliphatic rings. The Morgan fingerprint density at radius 2 is 1.51 bits per heavy atom. The number of rotatable bonds is 8. The van der Waals surface area contributed by atoms with Gasteiger partial charge in [0.1, 0.15) is 0 Å². The fourth-order valence-electron chi connectivity index (χ4n) is 5.17. The van der Waals surface area contributed by atoms with E-state index in [4.69, 9.17) is 0 Å². The molecule has 4 rings (SSSR count). The smallest absolute Gasteiger partial charge is 0.00203 e. The van der Waals surface area contributed by atoms with Gasteiger partial charge >= 0.3 is 0 Å². The lowest BCUT2D eigenvalue weighted by atomic mass is 9.79. The summed E-state index contributed by atoms with van der Waals surface area (Å²) >= 11 is 0. The molecule has 0 atom stereocenters. The van der Waals surface area contributed by atoms with Crippen LogP contribution in [0.4, 0.5) is 0 Å². The molecule has 0 amide bonds. The predicted molar refractivity (Wildman–Crippen MR) is 168 cm³/mol. The van der Waals surface area contributed by atoms with Crippen LogP contribution in [0.1, 0.15) is 36.1 Å². The largest absolute Gasteiger partial charge is 0.0990 e. The molecule has 0 aliphatic carbocycles. The van der Waals surface area contributed by atoms with E-state index in [0.29, 0.717) is 0 Å². The molecule has 0 N–H and O–H groups in total. The van der Waals surface area contributed by atoms with E-state index in [-0.39, 0.29) is 0 Å². The summed E-state index contributed by atoms with van der Waals surface area (Å²) in [5.74, 6) is 0. The Morgan fingerprint density at radius 1 is 0.784 bits per heavy atom. The normalized spacial score (nSPS) is 12.3. The fraction of sp³-hybridized carbons (Fsp3) is 0.0811. The van der Waals surface area contributed by atoms with Gasteiger partial charge in [-0.3, -0.25) is 0 Å². The van der Waals surface area contributed by atoms with E-state index in [2.05, 4.69) is 112 Å². The van der Waals surface area contributed by atoms with E-state index in [1.165, 1.54) is 32.8 Å². The Balaban J connectivity index is 2.27. The quantitative estimate of drug-likeness (QED) is 0.221. The van der Waals surface area contributed by atoms with Gasteiger partial charge in [0, 0.05) is 0 Å². The summed E-state index contributed by atoms with van der Waals surface area (Å²) in [7, 11) is 0. The van der Waals surface area contributed by atoms with Gasteiger partial charge in [-0.1, -0.05) is 141 Å². The molecule has 182 valence electrons. The summed E-state index contributed by atoms with van der Waals surface area (Å²) in [5, 5.41) is 4.78. The standard InChI is InChI=1S/C37H34/c1-8-12-19-30(25(5)6)32(16-9-2)36-28(10-3)29(11-4)37(35-24-26(7)22-23-34(35)36)33-21-15-18-27-17-13-14-20-31(27)33/h8-24H,2-5H2,1,6-7H3/b12-8-,30-19+,32-16+. The highest BCUT2D eigenvalue weighted by Gasteiger charge is 2.22. The van der Waals surface area contributed by atoms with Gasteiger partial charge in [-0.2, -0.15) is 0 Å². The second kappa shape index (κ2) is 11.1. The summed E-state index contributed by atoms with van der Waals surface area (Å²) in [5.41, 5.74) is 9.93. The third kappa shape index (κ3) is 4.71. The first-order chi connectivity index (χ1) is 18.0. The summed E-state index contributed by atoms with van der Waals surface area (Å²) in [6.45, 7) is 23.1. The lowest BCUT2D eigenvalue weighted by molar-refractivity contribution is 1.44. The van der Waals surface area contributed by atoms with Gasteiger partial charge in [0.25, 0.3) is 0 Å². The molecule has 0 heteroatoms. The average Bonchev–Trinajstić information content (AvgIpc) is 2.90. The number of hydrogen-bond acceptors (Lipinski definition) is 0. The second-order valence-electron chi connectivity index (χ2n) is 9.26. The van der Waals surface area contributed by atoms with Gasteiger partial charge in [-0.15, -0.1) is 0 Å². The maximum Gasteiger partial charge on any atom is -0.00203 e. The van der Waals surface area contributed by atoms with Gasteiger partial charge < -0.3 is 0 Å². The molecule has 0 saturated heterocycles. The minimum Gasteiger partial charge on any atom is -0.0990 e. The summed E-state index contributed by atoms with van der Waals surface area (Å²) in [6, 6.07) is 21.8. The van der Waals surface area contributed by atoms with E-state index >= 15 is 0 Å². The molecule has 0 spiro atoms. The first-order valence-electron chi connectivity index (χ1n) is 12.6. The Labute approximate surface area is 221 Å². The lowest BCUT2D eigenvalue weighted by Crippen LogP contribution is -2.02. The molecule has 0 heterocycles. The zero-order valence-electron chi connectivity index (χ0n) is 22.1. The maximum atomic E-state index is 4.31. The summed E-state index contributed by atoms with van der Waals surface area (Å²) < 4.78 is 0. The molecule has 0 nitrogen and oxygen atoms in total. The van der Waals surface area contributed by atoms with E-state index in [1.807, 2.05) is 38.2 Å². The van der Waals surface area contributed by atoms with Crippen LogP contribution in [0.2, 0.25) is 0 Å². The molecule has 0 saturated carbocycles.